The minimum atomic E-state index is -3.35. The molecule has 0 spiro atoms. The first-order valence-corrected chi connectivity index (χ1v) is 13.8. The number of sulfonamides is 1. The first-order valence-electron chi connectivity index (χ1n) is 11.1. The Hall–Kier alpha value is -3.07. The number of nitrogens with one attached hydrogen (secondary N) is 1. The second-order valence-corrected chi connectivity index (χ2v) is 11.7. The molecule has 1 saturated heterocycles. The van der Waals surface area contributed by atoms with Gasteiger partial charge in [-0.05, 0) is 25.3 Å². The molecule has 2 aromatic heterocycles. The van der Waals surface area contributed by atoms with Crippen LogP contribution in [0.15, 0.2) is 30.5 Å². The second-order valence-electron chi connectivity index (χ2n) is 8.67. The Bertz CT molecular complexity index is 1360. The Morgan fingerprint density at radius 1 is 1.21 bits per heavy atom. The monoisotopic (exact) mass is 495 g/mol. The zero-order valence-corrected chi connectivity index (χ0v) is 20.7. The predicted molar refractivity (Wildman–Crippen MR) is 132 cm³/mol. The summed E-state index contributed by atoms with van der Waals surface area (Å²) in [5, 5.41) is 12.9. The van der Waals surface area contributed by atoms with E-state index in [-0.39, 0.29) is 12.6 Å². The van der Waals surface area contributed by atoms with Crippen LogP contribution in [-0.2, 0) is 23.0 Å². The second kappa shape index (κ2) is 8.94. The highest BCUT2D eigenvalue weighted by Crippen LogP contribution is 2.37. The first kappa shape index (κ1) is 22.7. The molecule has 0 bridgehead atoms. The van der Waals surface area contributed by atoms with Gasteiger partial charge in [0.2, 0.25) is 16.0 Å². The van der Waals surface area contributed by atoms with Gasteiger partial charge < -0.3 is 10.2 Å². The van der Waals surface area contributed by atoms with E-state index in [1.54, 1.807) is 0 Å². The molecule has 2 aliphatic heterocycles. The summed E-state index contributed by atoms with van der Waals surface area (Å²) in [7, 11) is -3.35. The van der Waals surface area contributed by atoms with Gasteiger partial charge in [-0.1, -0.05) is 41.2 Å². The molecule has 9 nitrogen and oxygen atoms in total. The number of fused-ring (bicyclic) bond motifs is 1. The Morgan fingerprint density at radius 2 is 2.00 bits per heavy atom. The summed E-state index contributed by atoms with van der Waals surface area (Å²) >= 11 is 1.23. The Balaban J connectivity index is 1.55. The molecule has 11 heteroatoms. The molecule has 2 aliphatic rings. The summed E-state index contributed by atoms with van der Waals surface area (Å²) in [4.78, 5) is 16.8. The number of aromatic nitrogens is 3. The topological polar surface area (TPSA) is 115 Å². The maximum absolute atomic E-state index is 12.2. The molecule has 176 valence electrons. The fourth-order valence-corrected chi connectivity index (χ4v) is 5.92. The summed E-state index contributed by atoms with van der Waals surface area (Å²) in [6.45, 7) is 3.52. The van der Waals surface area contributed by atoms with Crippen LogP contribution >= 0.6 is 11.3 Å². The lowest BCUT2D eigenvalue weighted by atomic mass is 10.0. The highest BCUT2D eigenvalue weighted by Gasteiger charge is 2.32. The van der Waals surface area contributed by atoms with Gasteiger partial charge in [0.15, 0.2) is 5.13 Å². The van der Waals surface area contributed by atoms with Crippen LogP contribution in [0.4, 0.5) is 16.9 Å². The zero-order valence-electron chi connectivity index (χ0n) is 19.0. The number of hydrogen-bond acceptors (Lipinski definition) is 9. The van der Waals surface area contributed by atoms with Crippen LogP contribution in [0.5, 0.6) is 0 Å². The van der Waals surface area contributed by atoms with Gasteiger partial charge >= 0.3 is 0 Å². The SMILES string of the molecule is Cc1ccc(C2CCCN2c2nc3c(c(Nc4ncc(C#N)s4)n2)CN(S(C)(=O)=O)CC3)cc1. The van der Waals surface area contributed by atoms with Crippen LogP contribution in [0.2, 0.25) is 0 Å². The molecule has 34 heavy (non-hydrogen) atoms. The quantitative estimate of drug-likeness (QED) is 0.572. The Morgan fingerprint density at radius 3 is 2.71 bits per heavy atom. The van der Waals surface area contributed by atoms with Gasteiger partial charge in [0.1, 0.15) is 16.8 Å². The lowest BCUT2D eigenvalue weighted by Gasteiger charge is -2.30. The van der Waals surface area contributed by atoms with Crippen LogP contribution in [0.3, 0.4) is 0 Å². The number of nitrogens with zero attached hydrogens (tertiary/aromatic N) is 6. The molecule has 1 aromatic carbocycles. The molecule has 1 N–H and O–H groups in total. The van der Waals surface area contributed by atoms with E-state index in [0.29, 0.717) is 34.7 Å². The Labute approximate surface area is 203 Å². The fraction of sp³-hybridized carbons (Fsp3) is 0.391. The standard InChI is InChI=1S/C23H25N7O2S2/c1-15-5-7-16(8-6-15)20-4-3-10-30(20)22-26-19-9-11-29(34(2,31)32)14-18(19)21(27-22)28-23-25-13-17(12-24)33-23/h5-8,13,20H,3-4,9-11,14H2,1-2H3,(H,25,26,27,28). The third kappa shape index (κ3) is 4.49. The first-order chi connectivity index (χ1) is 16.3. The fourth-order valence-electron chi connectivity index (χ4n) is 4.52. The van der Waals surface area contributed by atoms with Gasteiger partial charge in [0, 0.05) is 31.6 Å². The van der Waals surface area contributed by atoms with Gasteiger partial charge in [-0.3, -0.25) is 0 Å². The molecule has 1 atom stereocenters. The van der Waals surface area contributed by atoms with Crippen molar-refractivity contribution in [1.29, 1.82) is 5.26 Å². The van der Waals surface area contributed by atoms with Crippen molar-refractivity contribution in [3.63, 3.8) is 0 Å². The normalized spacial score (nSPS) is 18.5. The van der Waals surface area contributed by atoms with Gasteiger partial charge in [-0.2, -0.15) is 14.6 Å². The predicted octanol–water partition coefficient (Wildman–Crippen LogP) is 3.52. The molecule has 1 unspecified atom stereocenters. The van der Waals surface area contributed by atoms with Crippen molar-refractivity contribution in [3.05, 3.63) is 57.7 Å². The average Bonchev–Trinajstić information content (AvgIpc) is 3.48. The number of hydrogen-bond donors (Lipinski definition) is 1. The molecule has 0 saturated carbocycles. The van der Waals surface area contributed by atoms with E-state index in [2.05, 4.69) is 52.5 Å². The van der Waals surface area contributed by atoms with Crippen molar-refractivity contribution in [2.45, 2.75) is 38.8 Å². The van der Waals surface area contributed by atoms with Crippen molar-refractivity contribution in [1.82, 2.24) is 19.3 Å². The van der Waals surface area contributed by atoms with Gasteiger partial charge in [0.05, 0.1) is 24.2 Å². The summed E-state index contributed by atoms with van der Waals surface area (Å²) in [6.07, 6.45) is 5.31. The number of nitriles is 1. The largest absolute Gasteiger partial charge is 0.334 e. The van der Waals surface area contributed by atoms with Crippen molar-refractivity contribution in [2.75, 3.05) is 29.6 Å². The summed E-state index contributed by atoms with van der Waals surface area (Å²) in [5.41, 5.74) is 4.06. The van der Waals surface area contributed by atoms with Crippen LogP contribution in [0, 0.1) is 18.3 Å². The van der Waals surface area contributed by atoms with E-state index < -0.39 is 10.0 Å². The number of anilines is 3. The van der Waals surface area contributed by atoms with E-state index in [9.17, 15) is 8.42 Å². The summed E-state index contributed by atoms with van der Waals surface area (Å²) < 4.78 is 25.9. The molecule has 3 aromatic rings. The van der Waals surface area contributed by atoms with Gasteiger partial charge in [-0.15, -0.1) is 0 Å². The lowest BCUT2D eigenvalue weighted by Crippen LogP contribution is -2.36. The van der Waals surface area contributed by atoms with Crippen LogP contribution in [-0.4, -0.2) is 47.0 Å². The van der Waals surface area contributed by atoms with E-state index >= 15 is 0 Å². The highest BCUT2D eigenvalue weighted by molar-refractivity contribution is 7.88. The molecule has 0 radical (unpaired) electrons. The van der Waals surface area contributed by atoms with Gasteiger partial charge in [-0.25, -0.2) is 18.4 Å². The van der Waals surface area contributed by atoms with E-state index in [4.69, 9.17) is 15.2 Å². The summed E-state index contributed by atoms with van der Waals surface area (Å²) in [6, 6.07) is 10.9. The third-order valence-corrected chi connectivity index (χ3v) is 8.36. The van der Waals surface area contributed by atoms with Crippen LogP contribution in [0.1, 0.15) is 46.1 Å². The maximum atomic E-state index is 12.2. The molecule has 4 heterocycles. The molecular weight excluding hydrogens is 470 g/mol. The zero-order chi connectivity index (χ0) is 23.9. The molecule has 1 fully saturated rings. The highest BCUT2D eigenvalue weighted by atomic mass is 32.2. The number of benzene rings is 1. The number of rotatable bonds is 5. The summed E-state index contributed by atoms with van der Waals surface area (Å²) in [5.74, 6) is 1.18. The molecule has 0 aliphatic carbocycles. The van der Waals surface area contributed by atoms with E-state index in [1.807, 2.05) is 0 Å². The lowest BCUT2D eigenvalue weighted by molar-refractivity contribution is 0.391. The molecule has 5 rings (SSSR count). The van der Waals surface area contributed by atoms with Crippen LogP contribution in [0.25, 0.3) is 0 Å². The third-order valence-electron chi connectivity index (χ3n) is 6.30. The molecular formula is C23H25N7O2S2. The minimum absolute atomic E-state index is 0.188. The van der Waals surface area contributed by atoms with E-state index in [0.717, 1.165) is 30.6 Å². The van der Waals surface area contributed by atoms with Crippen molar-refractivity contribution >= 4 is 38.3 Å². The van der Waals surface area contributed by atoms with Crippen LogP contribution < -0.4 is 10.2 Å². The smallest absolute Gasteiger partial charge is 0.228 e. The van der Waals surface area contributed by atoms with E-state index in [1.165, 1.54) is 39.2 Å². The van der Waals surface area contributed by atoms with Crippen molar-refractivity contribution in [3.8, 4) is 6.07 Å². The van der Waals surface area contributed by atoms with Gasteiger partial charge in [0.25, 0.3) is 0 Å². The molecule has 0 amide bonds. The number of aryl methyl sites for hydroxylation is 1. The Kier molecular flexibility index (Phi) is 5.97. The van der Waals surface area contributed by atoms with Crippen molar-refractivity contribution in [2.24, 2.45) is 0 Å². The minimum Gasteiger partial charge on any atom is -0.334 e. The van der Waals surface area contributed by atoms with Crippen molar-refractivity contribution < 1.29 is 8.42 Å². The number of thiazole rings is 1. The average molecular weight is 496 g/mol. The maximum Gasteiger partial charge on any atom is 0.228 e.